The molecule has 2 heterocycles. The van der Waals surface area contributed by atoms with E-state index in [0.29, 0.717) is 12.6 Å². The predicted octanol–water partition coefficient (Wildman–Crippen LogP) is 2.73. The predicted molar refractivity (Wildman–Crippen MR) is 108 cm³/mol. The van der Waals surface area contributed by atoms with Crippen molar-refractivity contribution in [3.8, 4) is 0 Å². The first-order chi connectivity index (χ1) is 13.6. The third kappa shape index (κ3) is 4.16. The van der Waals surface area contributed by atoms with Gasteiger partial charge in [0.15, 0.2) is 0 Å². The van der Waals surface area contributed by atoms with Crippen LogP contribution in [0.15, 0.2) is 41.7 Å². The number of methoxy groups -OCH3 is 1. The fraction of sp³-hybridized carbons (Fsp3) is 0.571. The lowest BCUT2D eigenvalue weighted by Crippen LogP contribution is -2.30. The van der Waals surface area contributed by atoms with Gasteiger partial charge in [0.2, 0.25) is 15.0 Å². The highest BCUT2D eigenvalue weighted by Crippen LogP contribution is 2.36. The molecule has 0 amide bonds. The average Bonchev–Trinajstić information content (AvgIpc) is 3.22. The van der Waals surface area contributed by atoms with Crippen LogP contribution in [-0.4, -0.2) is 54.9 Å². The molecule has 7 heteroatoms. The van der Waals surface area contributed by atoms with Crippen molar-refractivity contribution in [1.29, 1.82) is 0 Å². The Hall–Kier alpha value is -1.70. The van der Waals surface area contributed by atoms with Gasteiger partial charge in [0, 0.05) is 26.2 Å². The minimum absolute atomic E-state index is 0.0524. The molecule has 1 saturated carbocycles. The van der Waals surface area contributed by atoms with Crippen molar-refractivity contribution in [2.75, 3.05) is 26.0 Å². The quantitative estimate of drug-likeness (QED) is 0.678. The van der Waals surface area contributed by atoms with Crippen LogP contribution in [0.3, 0.4) is 0 Å². The highest BCUT2D eigenvalue weighted by molar-refractivity contribution is 7.91. The Morgan fingerprint density at radius 2 is 2.00 bits per heavy atom. The standard InChI is InChI=1S/C21H29N3O3S/c1-27-10-11-28(25,26)21-22-13-20(24(21)15-17-6-3-2-4-7-17)16-23-14-18-8-5-9-19(23)12-18/h2-4,6-7,13,18-19H,5,8-12,14-16H2,1H3/t18-,19+/m1/s1. The van der Waals surface area contributed by atoms with Gasteiger partial charge < -0.3 is 9.30 Å². The van der Waals surface area contributed by atoms with E-state index in [9.17, 15) is 8.42 Å². The molecule has 4 rings (SSSR count). The van der Waals surface area contributed by atoms with Crippen LogP contribution in [0.5, 0.6) is 0 Å². The van der Waals surface area contributed by atoms with Gasteiger partial charge in [-0.15, -0.1) is 0 Å². The number of nitrogens with zero attached hydrogens (tertiary/aromatic N) is 3. The Bertz CT molecular complexity index is 895. The number of sulfone groups is 1. The first-order valence-corrected chi connectivity index (χ1v) is 11.8. The third-order valence-corrected chi connectivity index (χ3v) is 7.64. The van der Waals surface area contributed by atoms with Crippen LogP contribution >= 0.6 is 0 Å². The molecule has 1 aromatic heterocycles. The van der Waals surface area contributed by atoms with Crippen molar-refractivity contribution < 1.29 is 13.2 Å². The number of ether oxygens (including phenoxy) is 1. The second kappa shape index (κ2) is 8.35. The summed E-state index contributed by atoms with van der Waals surface area (Å²) in [5.74, 6) is 0.748. The molecule has 0 N–H and O–H groups in total. The number of benzene rings is 1. The average molecular weight is 404 g/mol. The lowest BCUT2D eigenvalue weighted by Gasteiger charge is -2.25. The normalized spacial score (nSPS) is 22.6. The molecular formula is C21H29N3O3S. The number of fused-ring (bicyclic) bond motifs is 2. The summed E-state index contributed by atoms with van der Waals surface area (Å²) in [5.41, 5.74) is 2.05. The van der Waals surface area contributed by atoms with Gasteiger partial charge in [-0.1, -0.05) is 36.8 Å². The van der Waals surface area contributed by atoms with E-state index in [-0.39, 0.29) is 17.5 Å². The second-order valence-electron chi connectivity index (χ2n) is 8.03. The van der Waals surface area contributed by atoms with Gasteiger partial charge in [0.05, 0.1) is 30.8 Å². The van der Waals surface area contributed by atoms with Gasteiger partial charge >= 0.3 is 0 Å². The number of hydrogen-bond donors (Lipinski definition) is 0. The maximum atomic E-state index is 12.9. The van der Waals surface area contributed by atoms with Gasteiger partial charge in [-0.05, 0) is 30.7 Å². The molecule has 2 aromatic rings. The smallest absolute Gasteiger partial charge is 0.228 e. The molecule has 2 fully saturated rings. The van der Waals surface area contributed by atoms with Crippen LogP contribution in [0.2, 0.25) is 0 Å². The zero-order valence-electron chi connectivity index (χ0n) is 16.5. The largest absolute Gasteiger partial charge is 0.384 e. The third-order valence-electron chi connectivity index (χ3n) is 6.05. The van der Waals surface area contributed by atoms with E-state index in [1.165, 1.54) is 32.8 Å². The topological polar surface area (TPSA) is 64.4 Å². The van der Waals surface area contributed by atoms with Crippen LogP contribution < -0.4 is 0 Å². The Kier molecular flexibility index (Phi) is 5.85. The summed E-state index contributed by atoms with van der Waals surface area (Å²) in [5, 5.41) is 0.158. The summed E-state index contributed by atoms with van der Waals surface area (Å²) >= 11 is 0. The molecule has 1 aromatic carbocycles. The van der Waals surface area contributed by atoms with Gasteiger partial charge in [-0.3, -0.25) is 4.90 Å². The highest BCUT2D eigenvalue weighted by atomic mass is 32.2. The van der Waals surface area contributed by atoms with Gasteiger partial charge in [0.25, 0.3) is 0 Å². The molecule has 1 saturated heterocycles. The molecule has 2 atom stereocenters. The lowest BCUT2D eigenvalue weighted by molar-refractivity contribution is 0.217. The van der Waals surface area contributed by atoms with E-state index in [0.717, 1.165) is 30.3 Å². The zero-order chi connectivity index (χ0) is 19.6. The Morgan fingerprint density at radius 3 is 2.75 bits per heavy atom. The molecule has 6 nitrogen and oxygen atoms in total. The van der Waals surface area contributed by atoms with Crippen LogP contribution in [0.25, 0.3) is 0 Å². The van der Waals surface area contributed by atoms with Crippen LogP contribution in [0, 0.1) is 5.92 Å². The number of rotatable bonds is 8. The summed E-state index contributed by atoms with van der Waals surface area (Å²) in [6.45, 7) is 2.57. The van der Waals surface area contributed by atoms with Crippen LogP contribution in [-0.2, 0) is 27.7 Å². The molecule has 152 valence electrons. The van der Waals surface area contributed by atoms with Crippen LogP contribution in [0.1, 0.15) is 36.9 Å². The van der Waals surface area contributed by atoms with Crippen molar-refractivity contribution >= 4 is 9.84 Å². The van der Waals surface area contributed by atoms with Crippen LogP contribution in [0.4, 0.5) is 0 Å². The highest BCUT2D eigenvalue weighted by Gasteiger charge is 2.35. The Balaban J connectivity index is 1.64. The van der Waals surface area contributed by atoms with Crippen molar-refractivity contribution in [2.45, 2.75) is 50.0 Å². The lowest BCUT2D eigenvalue weighted by atomic mass is 9.90. The number of imidazole rings is 1. The maximum Gasteiger partial charge on any atom is 0.228 e. The summed E-state index contributed by atoms with van der Waals surface area (Å²) in [7, 11) is -1.98. The first-order valence-electron chi connectivity index (χ1n) is 10.1. The van der Waals surface area contributed by atoms with Gasteiger partial charge in [-0.2, -0.15) is 0 Å². The minimum atomic E-state index is -3.50. The Labute approximate surface area is 167 Å². The molecule has 0 unspecified atom stereocenters. The minimum Gasteiger partial charge on any atom is -0.384 e. The zero-order valence-corrected chi connectivity index (χ0v) is 17.3. The van der Waals surface area contributed by atoms with Crippen molar-refractivity contribution in [2.24, 2.45) is 5.92 Å². The fourth-order valence-corrected chi connectivity index (χ4v) is 5.93. The Morgan fingerprint density at radius 1 is 1.18 bits per heavy atom. The molecular weight excluding hydrogens is 374 g/mol. The number of likely N-dealkylation sites (tertiary alicyclic amines) is 1. The van der Waals surface area contributed by atoms with Gasteiger partial charge in [-0.25, -0.2) is 13.4 Å². The molecule has 2 aliphatic rings. The molecule has 2 bridgehead atoms. The summed E-state index contributed by atoms with van der Waals surface area (Å²) in [6, 6.07) is 10.6. The van der Waals surface area contributed by atoms with E-state index in [1.54, 1.807) is 6.20 Å². The van der Waals surface area contributed by atoms with Crippen molar-refractivity contribution in [3.05, 3.63) is 47.8 Å². The molecule has 0 spiro atoms. The summed E-state index contributed by atoms with van der Waals surface area (Å²) in [6.07, 6.45) is 6.93. The van der Waals surface area contributed by atoms with Crippen molar-refractivity contribution in [3.63, 3.8) is 0 Å². The number of hydrogen-bond acceptors (Lipinski definition) is 5. The van der Waals surface area contributed by atoms with E-state index >= 15 is 0 Å². The van der Waals surface area contributed by atoms with E-state index in [2.05, 4.69) is 9.88 Å². The molecule has 28 heavy (non-hydrogen) atoms. The SMILES string of the molecule is COCCS(=O)(=O)c1ncc(CN2C[C@@H]3CCC[C@H]2C3)n1Cc1ccccc1. The van der Waals surface area contributed by atoms with E-state index < -0.39 is 9.84 Å². The fourth-order valence-electron chi connectivity index (χ4n) is 4.63. The number of aromatic nitrogens is 2. The summed E-state index contributed by atoms with van der Waals surface area (Å²) < 4.78 is 32.6. The maximum absolute atomic E-state index is 12.9. The summed E-state index contributed by atoms with van der Waals surface area (Å²) in [4.78, 5) is 6.89. The monoisotopic (exact) mass is 403 g/mol. The van der Waals surface area contributed by atoms with Gasteiger partial charge in [0.1, 0.15) is 0 Å². The van der Waals surface area contributed by atoms with E-state index in [1.807, 2.05) is 34.9 Å². The van der Waals surface area contributed by atoms with Crippen molar-refractivity contribution in [1.82, 2.24) is 14.5 Å². The molecule has 0 radical (unpaired) electrons. The first kappa shape index (κ1) is 19.6. The molecule has 1 aliphatic carbocycles. The molecule has 1 aliphatic heterocycles. The van der Waals surface area contributed by atoms with E-state index in [4.69, 9.17) is 4.74 Å². The second-order valence-corrected chi connectivity index (χ2v) is 10.0.